The van der Waals surface area contributed by atoms with Gasteiger partial charge < -0.3 is 4.74 Å². The molecule has 2 heterocycles. The van der Waals surface area contributed by atoms with Crippen LogP contribution in [0.3, 0.4) is 0 Å². The van der Waals surface area contributed by atoms with Crippen molar-refractivity contribution in [1.29, 1.82) is 0 Å². The molecule has 0 unspecified atom stereocenters. The Morgan fingerprint density at radius 1 is 1.14 bits per heavy atom. The van der Waals surface area contributed by atoms with Gasteiger partial charge in [-0.25, -0.2) is 9.79 Å². The maximum absolute atomic E-state index is 11.7. The van der Waals surface area contributed by atoms with Gasteiger partial charge >= 0.3 is 5.97 Å². The molecule has 0 saturated carbocycles. The monoisotopic (exact) mass is 315 g/mol. The molecule has 1 aliphatic rings. The van der Waals surface area contributed by atoms with Gasteiger partial charge in [-0.1, -0.05) is 29.8 Å². The molecular weight excluding hydrogens is 306 g/mol. The van der Waals surface area contributed by atoms with Crippen LogP contribution in [0.5, 0.6) is 0 Å². The summed E-state index contributed by atoms with van der Waals surface area (Å²) in [6.45, 7) is 0. The van der Waals surface area contributed by atoms with Crippen molar-refractivity contribution in [3.05, 3.63) is 69.0 Å². The number of cyclic esters (lactones) is 1. The molecule has 0 amide bonds. The molecule has 3 nitrogen and oxygen atoms in total. The van der Waals surface area contributed by atoms with Crippen molar-refractivity contribution < 1.29 is 9.53 Å². The van der Waals surface area contributed by atoms with Crippen molar-refractivity contribution in [2.75, 3.05) is 0 Å². The quantitative estimate of drug-likeness (QED) is 0.621. The lowest BCUT2D eigenvalue weighted by Gasteiger charge is -1.93. The molecule has 0 atom stereocenters. The predicted octanol–water partition coefficient (Wildman–Crippen LogP) is 4.41. The van der Waals surface area contributed by atoms with E-state index in [1.807, 2.05) is 35.7 Å². The summed E-state index contributed by atoms with van der Waals surface area (Å²) in [5.74, 6) is -0.142. The average Bonchev–Trinajstić information content (AvgIpc) is 3.10. The maximum atomic E-state index is 11.7. The number of carbonyl (C=O) groups excluding carboxylic acids is 1. The molecule has 0 bridgehead atoms. The van der Waals surface area contributed by atoms with E-state index < -0.39 is 5.97 Å². The zero-order valence-electron chi connectivity index (χ0n) is 10.8. The van der Waals surface area contributed by atoms with Gasteiger partial charge in [-0.3, -0.25) is 0 Å². The van der Waals surface area contributed by atoms with E-state index in [2.05, 4.69) is 4.99 Å². The van der Waals surface area contributed by atoms with Crippen LogP contribution < -0.4 is 0 Å². The number of benzene rings is 1. The Balaban J connectivity index is 1.77. The number of nitrogens with zero attached hydrogens (tertiary/aromatic N) is 1. The lowest BCUT2D eigenvalue weighted by atomic mass is 10.2. The molecule has 0 spiro atoms. The molecule has 0 aliphatic carbocycles. The van der Waals surface area contributed by atoms with Crippen molar-refractivity contribution in [3.8, 4) is 0 Å². The Labute approximate surface area is 130 Å². The van der Waals surface area contributed by atoms with Crippen LogP contribution in [0.15, 0.2) is 58.5 Å². The minimum Gasteiger partial charge on any atom is -0.403 e. The van der Waals surface area contributed by atoms with Crippen LogP contribution in [0.1, 0.15) is 10.4 Å². The predicted molar refractivity (Wildman–Crippen MR) is 86.3 cm³/mol. The third kappa shape index (κ3) is 3.48. The Kier molecular flexibility index (Phi) is 3.99. The highest BCUT2D eigenvalue weighted by Crippen LogP contribution is 2.19. The molecule has 21 heavy (non-hydrogen) atoms. The smallest absolute Gasteiger partial charge is 0.363 e. The lowest BCUT2D eigenvalue weighted by molar-refractivity contribution is -0.129. The maximum Gasteiger partial charge on any atom is 0.363 e. The third-order valence-corrected chi connectivity index (χ3v) is 3.82. The van der Waals surface area contributed by atoms with E-state index in [4.69, 9.17) is 16.3 Å². The second-order valence-corrected chi connectivity index (χ2v) is 5.69. The SMILES string of the molecule is O=C1OC(/C=C/c2ccc(Cl)cc2)=NC/1=C\c1cccs1. The molecule has 1 aliphatic heterocycles. The first-order chi connectivity index (χ1) is 10.2. The number of rotatable bonds is 3. The second kappa shape index (κ2) is 6.08. The number of ether oxygens (including phenoxy) is 1. The number of hydrogen-bond acceptors (Lipinski definition) is 4. The van der Waals surface area contributed by atoms with Crippen LogP contribution in [-0.2, 0) is 9.53 Å². The summed E-state index contributed by atoms with van der Waals surface area (Å²) in [6, 6.07) is 11.2. The van der Waals surface area contributed by atoms with Crippen LogP contribution >= 0.6 is 22.9 Å². The summed E-state index contributed by atoms with van der Waals surface area (Å²) in [6.07, 6.45) is 5.20. The number of esters is 1. The van der Waals surface area contributed by atoms with E-state index in [0.29, 0.717) is 10.7 Å². The summed E-state index contributed by atoms with van der Waals surface area (Å²) >= 11 is 7.36. The van der Waals surface area contributed by atoms with Gasteiger partial charge in [-0.05, 0) is 41.3 Å². The molecule has 2 aromatic rings. The van der Waals surface area contributed by atoms with E-state index in [1.54, 1.807) is 35.6 Å². The van der Waals surface area contributed by atoms with E-state index in [-0.39, 0.29) is 5.90 Å². The fourth-order valence-corrected chi connectivity index (χ4v) is 2.52. The van der Waals surface area contributed by atoms with Gasteiger partial charge in [0.2, 0.25) is 5.90 Å². The first kappa shape index (κ1) is 13.8. The van der Waals surface area contributed by atoms with Gasteiger partial charge in [0.15, 0.2) is 5.70 Å². The minimum atomic E-state index is -0.431. The van der Waals surface area contributed by atoms with E-state index >= 15 is 0 Å². The zero-order chi connectivity index (χ0) is 14.7. The summed E-state index contributed by atoms with van der Waals surface area (Å²) in [5.41, 5.74) is 1.27. The normalized spacial score (nSPS) is 16.5. The van der Waals surface area contributed by atoms with Crippen LogP contribution in [-0.4, -0.2) is 11.9 Å². The highest BCUT2D eigenvalue weighted by atomic mass is 35.5. The largest absolute Gasteiger partial charge is 0.403 e. The number of carbonyl (C=O) groups is 1. The first-order valence-corrected chi connectivity index (χ1v) is 7.46. The summed E-state index contributed by atoms with van der Waals surface area (Å²) in [7, 11) is 0. The minimum absolute atomic E-state index is 0.290. The van der Waals surface area contributed by atoms with Crippen molar-refractivity contribution in [1.82, 2.24) is 0 Å². The van der Waals surface area contributed by atoms with Crippen LogP contribution in [0.4, 0.5) is 0 Å². The molecule has 0 saturated heterocycles. The lowest BCUT2D eigenvalue weighted by Crippen LogP contribution is -2.00. The molecule has 0 fully saturated rings. The van der Waals surface area contributed by atoms with Gasteiger partial charge in [0, 0.05) is 16.0 Å². The van der Waals surface area contributed by atoms with E-state index in [1.165, 1.54) is 0 Å². The van der Waals surface area contributed by atoms with Crippen molar-refractivity contribution in [3.63, 3.8) is 0 Å². The van der Waals surface area contributed by atoms with Gasteiger partial charge in [-0.2, -0.15) is 0 Å². The molecular formula is C16H10ClNO2S. The molecule has 0 N–H and O–H groups in total. The van der Waals surface area contributed by atoms with Crippen molar-refractivity contribution in [2.45, 2.75) is 0 Å². The Morgan fingerprint density at radius 2 is 1.95 bits per heavy atom. The third-order valence-electron chi connectivity index (χ3n) is 2.75. The number of thiophene rings is 1. The van der Waals surface area contributed by atoms with Gasteiger partial charge in [0.25, 0.3) is 0 Å². The Morgan fingerprint density at radius 3 is 2.67 bits per heavy atom. The van der Waals surface area contributed by atoms with Gasteiger partial charge in [0.05, 0.1) is 0 Å². The highest BCUT2D eigenvalue weighted by molar-refractivity contribution is 7.10. The zero-order valence-corrected chi connectivity index (χ0v) is 12.4. The fourth-order valence-electron chi connectivity index (χ4n) is 1.75. The van der Waals surface area contributed by atoms with Gasteiger partial charge in [0.1, 0.15) is 0 Å². The fraction of sp³-hybridized carbons (Fsp3) is 0. The Bertz CT molecular complexity index is 743. The Hall–Kier alpha value is -2.17. The first-order valence-electron chi connectivity index (χ1n) is 6.20. The van der Waals surface area contributed by atoms with Crippen LogP contribution in [0, 0.1) is 0 Å². The molecule has 104 valence electrons. The molecule has 0 radical (unpaired) electrons. The second-order valence-electron chi connectivity index (χ2n) is 4.27. The standard InChI is InChI=1S/C16H10ClNO2S/c17-12-6-3-11(4-7-12)5-8-15-18-14(16(19)20-15)10-13-2-1-9-21-13/h1-10H/b8-5+,14-10-. The van der Waals surface area contributed by atoms with Crippen molar-refractivity contribution >= 4 is 47.0 Å². The molecule has 3 rings (SSSR count). The molecule has 1 aromatic carbocycles. The van der Waals surface area contributed by atoms with Crippen LogP contribution in [0.25, 0.3) is 12.2 Å². The summed E-state index contributed by atoms with van der Waals surface area (Å²) in [5, 5.41) is 2.62. The van der Waals surface area contributed by atoms with Crippen molar-refractivity contribution in [2.24, 2.45) is 4.99 Å². The van der Waals surface area contributed by atoms with E-state index in [9.17, 15) is 4.79 Å². The highest BCUT2D eigenvalue weighted by Gasteiger charge is 2.21. The number of halogens is 1. The van der Waals surface area contributed by atoms with Gasteiger partial charge in [-0.15, -0.1) is 11.3 Å². The summed E-state index contributed by atoms with van der Waals surface area (Å²) in [4.78, 5) is 16.9. The number of aliphatic imine (C=N–C) groups is 1. The number of hydrogen-bond donors (Lipinski definition) is 0. The van der Waals surface area contributed by atoms with E-state index in [0.717, 1.165) is 10.4 Å². The molecule has 1 aromatic heterocycles. The average molecular weight is 316 g/mol. The molecule has 5 heteroatoms. The summed E-state index contributed by atoms with van der Waals surface area (Å²) < 4.78 is 5.10. The topological polar surface area (TPSA) is 38.7 Å². The van der Waals surface area contributed by atoms with Crippen LogP contribution in [0.2, 0.25) is 5.02 Å².